The average Bonchev–Trinajstić information content (AvgIpc) is 3.19. The maximum absolute atomic E-state index is 9.02. The first-order chi connectivity index (χ1) is 8.73. The van der Waals surface area contributed by atoms with Gasteiger partial charge in [0.05, 0.1) is 18.6 Å². The van der Waals surface area contributed by atoms with Gasteiger partial charge in [-0.25, -0.2) is 0 Å². The molecule has 0 spiro atoms. The molecule has 1 saturated carbocycles. The Bertz CT molecular complexity index is 458. The molecule has 1 aliphatic carbocycles. The zero-order valence-corrected chi connectivity index (χ0v) is 11.1. The number of nitrogens with one attached hydrogen (secondary N) is 1. The topological polar surface area (TPSA) is 45.0 Å². The molecule has 0 amide bonds. The molecule has 0 heterocycles. The van der Waals surface area contributed by atoms with Crippen LogP contribution in [-0.2, 0) is 13.0 Å². The standard InChI is InChI=1S/C15H20N2O/c1-3-12-4-5-14(18-2)13(8-12)9-17-11-15(10-16)6-7-15/h4-5,8,17H,3,6-7,9,11H2,1-2H3. The summed E-state index contributed by atoms with van der Waals surface area (Å²) >= 11 is 0. The lowest BCUT2D eigenvalue weighted by atomic mass is 10.1. The third-order valence-electron chi connectivity index (χ3n) is 3.62. The molecule has 0 unspecified atom stereocenters. The van der Waals surface area contributed by atoms with E-state index in [0.29, 0.717) is 0 Å². The second-order valence-electron chi connectivity index (χ2n) is 5.00. The van der Waals surface area contributed by atoms with Crippen molar-refractivity contribution in [3.63, 3.8) is 0 Å². The Morgan fingerprint density at radius 2 is 2.22 bits per heavy atom. The lowest BCUT2D eigenvalue weighted by molar-refractivity contribution is 0.406. The predicted octanol–water partition coefficient (Wildman–Crippen LogP) is 2.65. The molecule has 0 aromatic heterocycles. The van der Waals surface area contributed by atoms with Crippen LogP contribution in [0, 0.1) is 16.7 Å². The lowest BCUT2D eigenvalue weighted by Crippen LogP contribution is -2.22. The summed E-state index contributed by atoms with van der Waals surface area (Å²) in [7, 11) is 1.70. The summed E-state index contributed by atoms with van der Waals surface area (Å²) in [5.74, 6) is 0.918. The van der Waals surface area contributed by atoms with Crippen molar-refractivity contribution in [2.45, 2.75) is 32.7 Å². The molecule has 1 fully saturated rings. The second-order valence-corrected chi connectivity index (χ2v) is 5.00. The van der Waals surface area contributed by atoms with Gasteiger partial charge in [-0.15, -0.1) is 0 Å². The Kier molecular flexibility index (Phi) is 3.88. The van der Waals surface area contributed by atoms with E-state index in [2.05, 4.69) is 30.4 Å². The van der Waals surface area contributed by atoms with Gasteiger partial charge >= 0.3 is 0 Å². The van der Waals surface area contributed by atoms with Gasteiger partial charge in [0.1, 0.15) is 5.75 Å². The number of hydrogen-bond donors (Lipinski definition) is 1. The summed E-state index contributed by atoms with van der Waals surface area (Å²) in [4.78, 5) is 0. The number of nitrogens with zero attached hydrogens (tertiary/aromatic N) is 1. The number of rotatable bonds is 6. The van der Waals surface area contributed by atoms with Gasteiger partial charge in [-0.1, -0.05) is 19.1 Å². The zero-order chi connectivity index (χ0) is 13.0. The molecule has 1 aliphatic rings. The first-order valence-corrected chi connectivity index (χ1v) is 6.51. The summed E-state index contributed by atoms with van der Waals surface area (Å²) in [5, 5.41) is 12.4. The molecule has 96 valence electrons. The van der Waals surface area contributed by atoms with Crippen LogP contribution in [0.5, 0.6) is 5.75 Å². The van der Waals surface area contributed by atoms with Gasteiger partial charge < -0.3 is 10.1 Å². The quantitative estimate of drug-likeness (QED) is 0.836. The van der Waals surface area contributed by atoms with Gasteiger partial charge in [-0.2, -0.15) is 5.26 Å². The third kappa shape index (κ3) is 2.83. The highest BCUT2D eigenvalue weighted by molar-refractivity contribution is 5.37. The van der Waals surface area contributed by atoms with Gasteiger partial charge in [-0.05, 0) is 30.9 Å². The fourth-order valence-electron chi connectivity index (χ4n) is 2.11. The molecule has 1 aromatic rings. The van der Waals surface area contributed by atoms with Crippen LogP contribution >= 0.6 is 0 Å². The minimum Gasteiger partial charge on any atom is -0.496 e. The molecule has 0 bridgehead atoms. The average molecular weight is 244 g/mol. The molecule has 0 saturated heterocycles. The van der Waals surface area contributed by atoms with Gasteiger partial charge in [-0.3, -0.25) is 0 Å². The first-order valence-electron chi connectivity index (χ1n) is 6.51. The number of methoxy groups -OCH3 is 1. The van der Waals surface area contributed by atoms with Gasteiger partial charge in [0, 0.05) is 18.7 Å². The molecular formula is C15H20N2O. The van der Waals surface area contributed by atoms with E-state index in [1.54, 1.807) is 7.11 Å². The summed E-state index contributed by atoms with van der Waals surface area (Å²) < 4.78 is 5.36. The maximum Gasteiger partial charge on any atom is 0.123 e. The zero-order valence-electron chi connectivity index (χ0n) is 11.1. The van der Waals surface area contributed by atoms with E-state index in [0.717, 1.165) is 38.1 Å². The van der Waals surface area contributed by atoms with Crippen molar-refractivity contribution in [3.8, 4) is 11.8 Å². The van der Waals surface area contributed by atoms with Crippen molar-refractivity contribution in [1.29, 1.82) is 5.26 Å². The highest BCUT2D eigenvalue weighted by Gasteiger charge is 2.42. The molecule has 3 nitrogen and oxygen atoms in total. The van der Waals surface area contributed by atoms with Crippen LogP contribution in [0.15, 0.2) is 18.2 Å². The van der Waals surface area contributed by atoms with Crippen LogP contribution in [0.25, 0.3) is 0 Å². The van der Waals surface area contributed by atoms with E-state index in [1.807, 2.05) is 6.07 Å². The Balaban J connectivity index is 1.97. The SMILES string of the molecule is CCc1ccc(OC)c(CNCC2(C#N)CC2)c1. The number of ether oxygens (including phenoxy) is 1. The number of benzene rings is 1. The van der Waals surface area contributed by atoms with Crippen molar-refractivity contribution < 1.29 is 4.74 Å². The molecule has 0 radical (unpaired) electrons. The Labute approximate surface area is 109 Å². The van der Waals surface area contributed by atoms with E-state index in [-0.39, 0.29) is 5.41 Å². The monoisotopic (exact) mass is 244 g/mol. The number of aryl methyl sites for hydroxylation is 1. The lowest BCUT2D eigenvalue weighted by Gasteiger charge is -2.12. The minimum absolute atomic E-state index is 0.0877. The van der Waals surface area contributed by atoms with E-state index >= 15 is 0 Å². The van der Waals surface area contributed by atoms with Crippen LogP contribution in [0.2, 0.25) is 0 Å². The molecule has 18 heavy (non-hydrogen) atoms. The largest absolute Gasteiger partial charge is 0.496 e. The summed E-state index contributed by atoms with van der Waals surface area (Å²) in [5.41, 5.74) is 2.40. The summed E-state index contributed by atoms with van der Waals surface area (Å²) in [6, 6.07) is 8.69. The molecular weight excluding hydrogens is 224 g/mol. The molecule has 1 aromatic carbocycles. The molecule has 0 aliphatic heterocycles. The van der Waals surface area contributed by atoms with Crippen LogP contribution in [0.4, 0.5) is 0 Å². The van der Waals surface area contributed by atoms with Crippen LogP contribution in [0.3, 0.4) is 0 Å². The Morgan fingerprint density at radius 3 is 2.78 bits per heavy atom. The van der Waals surface area contributed by atoms with Gasteiger partial charge in [0.2, 0.25) is 0 Å². The summed E-state index contributed by atoms with van der Waals surface area (Å²) in [6.07, 6.45) is 3.09. The molecule has 1 N–H and O–H groups in total. The highest BCUT2D eigenvalue weighted by atomic mass is 16.5. The normalized spacial score (nSPS) is 16.1. The van der Waals surface area contributed by atoms with Crippen LogP contribution in [-0.4, -0.2) is 13.7 Å². The Hall–Kier alpha value is -1.53. The second kappa shape index (κ2) is 5.41. The third-order valence-corrected chi connectivity index (χ3v) is 3.62. The molecule has 2 rings (SSSR count). The molecule has 0 atom stereocenters. The first kappa shape index (κ1) is 12.9. The van der Waals surface area contributed by atoms with E-state index in [9.17, 15) is 0 Å². The Morgan fingerprint density at radius 1 is 1.44 bits per heavy atom. The molecule has 3 heteroatoms. The van der Waals surface area contributed by atoms with E-state index < -0.39 is 0 Å². The van der Waals surface area contributed by atoms with E-state index in [1.165, 1.54) is 11.1 Å². The van der Waals surface area contributed by atoms with Crippen LogP contribution < -0.4 is 10.1 Å². The van der Waals surface area contributed by atoms with Gasteiger partial charge in [0.15, 0.2) is 0 Å². The van der Waals surface area contributed by atoms with Crippen molar-refractivity contribution >= 4 is 0 Å². The fourth-order valence-corrected chi connectivity index (χ4v) is 2.11. The smallest absolute Gasteiger partial charge is 0.123 e. The van der Waals surface area contributed by atoms with Crippen molar-refractivity contribution in [2.24, 2.45) is 5.41 Å². The van der Waals surface area contributed by atoms with E-state index in [4.69, 9.17) is 10.00 Å². The highest BCUT2D eigenvalue weighted by Crippen LogP contribution is 2.44. The van der Waals surface area contributed by atoms with Crippen molar-refractivity contribution in [2.75, 3.05) is 13.7 Å². The fraction of sp³-hybridized carbons (Fsp3) is 0.533. The number of hydrogen-bond acceptors (Lipinski definition) is 3. The predicted molar refractivity (Wildman–Crippen MR) is 71.4 cm³/mol. The summed E-state index contributed by atoms with van der Waals surface area (Å²) in [6.45, 7) is 3.69. The minimum atomic E-state index is -0.0877. The van der Waals surface area contributed by atoms with Crippen molar-refractivity contribution in [1.82, 2.24) is 5.32 Å². The van der Waals surface area contributed by atoms with Crippen molar-refractivity contribution in [3.05, 3.63) is 29.3 Å². The maximum atomic E-state index is 9.02. The van der Waals surface area contributed by atoms with Crippen LogP contribution in [0.1, 0.15) is 30.9 Å². The van der Waals surface area contributed by atoms with Gasteiger partial charge in [0.25, 0.3) is 0 Å². The number of nitriles is 1.